The van der Waals surface area contributed by atoms with Gasteiger partial charge in [0.05, 0.1) is 11.4 Å². The van der Waals surface area contributed by atoms with Gasteiger partial charge in [0.1, 0.15) is 0 Å². The Kier molecular flexibility index (Phi) is 6.09. The van der Waals surface area contributed by atoms with Crippen LogP contribution in [0.3, 0.4) is 0 Å². The zero-order valence-electron chi connectivity index (χ0n) is 17.5. The summed E-state index contributed by atoms with van der Waals surface area (Å²) in [6.07, 6.45) is 2.95. The summed E-state index contributed by atoms with van der Waals surface area (Å²) in [7, 11) is -3.67. The van der Waals surface area contributed by atoms with Gasteiger partial charge < -0.3 is 4.90 Å². The van der Waals surface area contributed by atoms with E-state index in [1.54, 1.807) is 23.1 Å². The van der Waals surface area contributed by atoms with Gasteiger partial charge in [-0.05, 0) is 59.9 Å². The molecule has 5 nitrogen and oxygen atoms in total. The molecule has 1 heterocycles. The monoisotopic (exact) mass is 434 g/mol. The van der Waals surface area contributed by atoms with E-state index in [0.717, 1.165) is 35.2 Å². The summed E-state index contributed by atoms with van der Waals surface area (Å²) in [5.41, 5.74) is 4.49. The maximum atomic E-state index is 12.8. The number of carbonyl (C=O) groups excluding carboxylic acids is 1. The first kappa shape index (κ1) is 21.1. The summed E-state index contributed by atoms with van der Waals surface area (Å²) >= 11 is 0. The molecule has 4 rings (SSSR count). The minimum Gasteiger partial charge on any atom is -0.308 e. The van der Waals surface area contributed by atoms with Crippen molar-refractivity contribution in [3.63, 3.8) is 0 Å². The van der Waals surface area contributed by atoms with E-state index < -0.39 is 10.0 Å². The molecule has 0 fully saturated rings. The predicted molar refractivity (Wildman–Crippen MR) is 124 cm³/mol. The molecule has 6 heteroatoms. The van der Waals surface area contributed by atoms with Crippen LogP contribution in [0.2, 0.25) is 0 Å². The Balaban J connectivity index is 1.55. The highest BCUT2D eigenvalue weighted by Crippen LogP contribution is 2.32. The lowest BCUT2D eigenvalue weighted by Crippen LogP contribution is -2.34. The normalized spacial score (nSPS) is 13.7. The van der Waals surface area contributed by atoms with Crippen LogP contribution < -0.4 is 9.62 Å². The number of hydrogen-bond donors (Lipinski definition) is 1. The number of carbonyl (C=O) groups is 1. The topological polar surface area (TPSA) is 66.5 Å². The highest BCUT2D eigenvalue weighted by atomic mass is 32.2. The summed E-state index contributed by atoms with van der Waals surface area (Å²) in [6, 6.07) is 22.2. The van der Waals surface area contributed by atoms with Gasteiger partial charge in [0, 0.05) is 17.8 Å². The van der Waals surface area contributed by atoms with Crippen LogP contribution in [0.25, 0.3) is 0 Å². The summed E-state index contributed by atoms with van der Waals surface area (Å²) in [5.74, 6) is 0.0804. The molecule has 0 saturated carbocycles. The molecule has 0 bridgehead atoms. The average molecular weight is 435 g/mol. The maximum absolute atomic E-state index is 12.8. The molecule has 0 aliphatic carbocycles. The lowest BCUT2D eigenvalue weighted by atomic mass is 10.00. The van der Waals surface area contributed by atoms with Crippen molar-refractivity contribution >= 4 is 27.3 Å². The SMILES string of the molecule is CCCc1ccc(S(=O)(=O)Nc2ccc3c(c2)CCC(=O)N3Cc2ccccc2)cc1. The summed E-state index contributed by atoms with van der Waals surface area (Å²) in [5, 5.41) is 0. The van der Waals surface area contributed by atoms with Gasteiger partial charge in [0.2, 0.25) is 5.91 Å². The number of sulfonamides is 1. The van der Waals surface area contributed by atoms with Crippen molar-refractivity contribution in [1.29, 1.82) is 0 Å². The van der Waals surface area contributed by atoms with Crippen LogP contribution >= 0.6 is 0 Å². The highest BCUT2D eigenvalue weighted by Gasteiger charge is 2.25. The molecule has 0 saturated heterocycles. The van der Waals surface area contributed by atoms with Crippen LogP contribution in [-0.4, -0.2) is 14.3 Å². The largest absolute Gasteiger partial charge is 0.308 e. The van der Waals surface area contributed by atoms with Gasteiger partial charge in [-0.15, -0.1) is 0 Å². The third-order valence-corrected chi connectivity index (χ3v) is 6.88. The Bertz CT molecular complexity index is 1170. The Morgan fingerprint density at radius 1 is 0.903 bits per heavy atom. The molecule has 0 unspecified atom stereocenters. The molecule has 0 aromatic heterocycles. The van der Waals surface area contributed by atoms with Crippen molar-refractivity contribution in [3.8, 4) is 0 Å². The zero-order valence-corrected chi connectivity index (χ0v) is 18.4. The van der Waals surface area contributed by atoms with E-state index >= 15 is 0 Å². The Morgan fingerprint density at radius 2 is 1.65 bits per heavy atom. The van der Waals surface area contributed by atoms with E-state index in [0.29, 0.717) is 25.1 Å². The Morgan fingerprint density at radius 3 is 2.35 bits per heavy atom. The van der Waals surface area contributed by atoms with Gasteiger partial charge in [-0.1, -0.05) is 55.8 Å². The molecule has 0 radical (unpaired) electrons. The van der Waals surface area contributed by atoms with Gasteiger partial charge in [0.15, 0.2) is 0 Å². The first-order chi connectivity index (χ1) is 15.0. The number of aryl methyl sites for hydroxylation is 2. The quantitative estimate of drug-likeness (QED) is 0.574. The molecular formula is C25H26N2O3S. The molecule has 31 heavy (non-hydrogen) atoms. The zero-order chi connectivity index (χ0) is 21.8. The first-order valence-corrected chi connectivity index (χ1v) is 12.0. The third kappa shape index (κ3) is 4.80. The molecule has 1 amide bonds. The molecule has 3 aromatic carbocycles. The fourth-order valence-electron chi connectivity index (χ4n) is 3.90. The van der Waals surface area contributed by atoms with Gasteiger partial charge in [-0.3, -0.25) is 9.52 Å². The molecule has 1 N–H and O–H groups in total. The third-order valence-electron chi connectivity index (χ3n) is 5.49. The number of fused-ring (bicyclic) bond motifs is 1. The molecule has 0 spiro atoms. The number of amides is 1. The van der Waals surface area contributed by atoms with Gasteiger partial charge >= 0.3 is 0 Å². The van der Waals surface area contributed by atoms with Crippen LogP contribution in [0.5, 0.6) is 0 Å². The lowest BCUT2D eigenvalue weighted by Gasteiger charge is -2.30. The van der Waals surface area contributed by atoms with Gasteiger partial charge in [-0.2, -0.15) is 0 Å². The summed E-state index contributed by atoms with van der Waals surface area (Å²) in [6.45, 7) is 2.60. The number of nitrogens with one attached hydrogen (secondary N) is 1. The summed E-state index contributed by atoms with van der Waals surface area (Å²) < 4.78 is 28.3. The summed E-state index contributed by atoms with van der Waals surface area (Å²) in [4.78, 5) is 14.6. The molecular weight excluding hydrogens is 408 g/mol. The van der Waals surface area contributed by atoms with E-state index in [4.69, 9.17) is 0 Å². The minimum absolute atomic E-state index is 0.0804. The van der Waals surface area contributed by atoms with Crippen LogP contribution in [0, 0.1) is 0 Å². The predicted octanol–water partition coefficient (Wildman–Crippen LogP) is 4.92. The van der Waals surface area contributed by atoms with E-state index in [2.05, 4.69) is 11.6 Å². The second kappa shape index (κ2) is 8.94. The average Bonchev–Trinajstić information content (AvgIpc) is 2.77. The number of hydrogen-bond acceptors (Lipinski definition) is 3. The number of benzene rings is 3. The number of rotatable bonds is 7. The highest BCUT2D eigenvalue weighted by molar-refractivity contribution is 7.92. The van der Waals surface area contributed by atoms with E-state index in [-0.39, 0.29) is 10.8 Å². The minimum atomic E-state index is -3.67. The number of nitrogens with zero attached hydrogens (tertiary/aromatic N) is 1. The van der Waals surface area contributed by atoms with E-state index in [1.807, 2.05) is 54.6 Å². The van der Waals surface area contributed by atoms with E-state index in [9.17, 15) is 13.2 Å². The molecule has 3 aromatic rings. The fraction of sp³-hybridized carbons (Fsp3) is 0.240. The first-order valence-electron chi connectivity index (χ1n) is 10.6. The standard InChI is InChI=1S/C25H26N2O3S/c1-2-6-19-9-13-23(14-10-19)31(29,30)26-22-12-15-24-21(17-22)11-16-25(28)27(24)18-20-7-4-3-5-8-20/h3-5,7-10,12-15,17,26H,2,6,11,16,18H2,1H3. The second-order valence-corrected chi connectivity index (χ2v) is 9.49. The van der Waals surface area contributed by atoms with Crippen LogP contribution in [0.4, 0.5) is 11.4 Å². The van der Waals surface area contributed by atoms with Crippen molar-refractivity contribution in [3.05, 3.63) is 89.5 Å². The lowest BCUT2D eigenvalue weighted by molar-refractivity contribution is -0.119. The van der Waals surface area contributed by atoms with Crippen molar-refractivity contribution in [2.24, 2.45) is 0 Å². The number of anilines is 2. The van der Waals surface area contributed by atoms with E-state index in [1.165, 1.54) is 0 Å². The smallest absolute Gasteiger partial charge is 0.261 e. The molecule has 1 aliphatic heterocycles. The van der Waals surface area contributed by atoms with Crippen molar-refractivity contribution in [2.75, 3.05) is 9.62 Å². The van der Waals surface area contributed by atoms with Crippen molar-refractivity contribution in [2.45, 2.75) is 44.0 Å². The van der Waals surface area contributed by atoms with Crippen LogP contribution in [0.1, 0.15) is 36.5 Å². The van der Waals surface area contributed by atoms with Crippen LogP contribution in [-0.2, 0) is 34.2 Å². The van der Waals surface area contributed by atoms with Crippen molar-refractivity contribution in [1.82, 2.24) is 0 Å². The fourth-order valence-corrected chi connectivity index (χ4v) is 4.95. The van der Waals surface area contributed by atoms with Crippen LogP contribution in [0.15, 0.2) is 77.7 Å². The Hall–Kier alpha value is -3.12. The molecule has 1 aliphatic rings. The van der Waals surface area contributed by atoms with Gasteiger partial charge in [0.25, 0.3) is 10.0 Å². The maximum Gasteiger partial charge on any atom is 0.261 e. The van der Waals surface area contributed by atoms with Gasteiger partial charge in [-0.25, -0.2) is 8.42 Å². The Labute approximate surface area is 183 Å². The molecule has 160 valence electrons. The second-order valence-electron chi connectivity index (χ2n) is 7.81. The molecule has 0 atom stereocenters. The van der Waals surface area contributed by atoms with Crippen molar-refractivity contribution < 1.29 is 13.2 Å².